The molecule has 2 rings (SSSR count). The van der Waals surface area contributed by atoms with Crippen molar-refractivity contribution in [1.29, 1.82) is 0 Å². The van der Waals surface area contributed by atoms with Crippen LogP contribution in [0.1, 0.15) is 19.8 Å². The lowest BCUT2D eigenvalue weighted by Gasteiger charge is -2.44. The van der Waals surface area contributed by atoms with E-state index in [1.807, 2.05) is 0 Å². The maximum atomic E-state index is 11.1. The van der Waals surface area contributed by atoms with Gasteiger partial charge in [-0.15, -0.1) is 0 Å². The Labute approximate surface area is 149 Å². The van der Waals surface area contributed by atoms with Crippen molar-refractivity contribution in [1.82, 2.24) is 0 Å². The number of ether oxygens (including phenoxy) is 3. The number of rotatable bonds is 6. The van der Waals surface area contributed by atoms with E-state index in [0.717, 1.165) is 0 Å². The highest BCUT2D eigenvalue weighted by Crippen LogP contribution is 2.29. The Balaban J connectivity index is 2.07. The van der Waals surface area contributed by atoms with Gasteiger partial charge in [-0.1, -0.05) is 0 Å². The summed E-state index contributed by atoms with van der Waals surface area (Å²) in [6.07, 6.45) is -15.0. The topological polar surface area (TPSA) is 186 Å². The molecule has 2 fully saturated rings. The molecule has 2 heterocycles. The third-order valence-electron chi connectivity index (χ3n) is 4.57. The van der Waals surface area contributed by atoms with Crippen LogP contribution in [0, 0.1) is 0 Å². The first kappa shape index (κ1) is 21.6. The molecule has 0 spiro atoms. The molecular weight excluding hydrogens is 356 g/mol. The fourth-order valence-electron chi connectivity index (χ4n) is 2.93. The van der Waals surface area contributed by atoms with Gasteiger partial charge >= 0.3 is 0 Å². The minimum absolute atomic E-state index is 0.0643. The lowest BCUT2D eigenvalue weighted by molar-refractivity contribution is -0.375. The molecule has 0 amide bonds. The molecule has 2 aliphatic heterocycles. The van der Waals surface area contributed by atoms with E-state index >= 15 is 0 Å². The van der Waals surface area contributed by atoms with Crippen LogP contribution in [0.15, 0.2) is 0 Å². The molecule has 0 aliphatic carbocycles. The van der Waals surface area contributed by atoms with Crippen LogP contribution in [-0.4, -0.2) is 110 Å². The van der Waals surface area contributed by atoms with Crippen LogP contribution < -0.4 is 0 Å². The highest BCUT2D eigenvalue weighted by Gasteiger charge is 2.49. The Kier molecular flexibility index (Phi) is 7.44. The lowest BCUT2D eigenvalue weighted by atomic mass is 9.95. The van der Waals surface area contributed by atoms with E-state index in [2.05, 4.69) is 0 Å². The summed E-state index contributed by atoms with van der Waals surface area (Å²) in [4.78, 5) is 11.1. The molecular formula is C15H26O11. The average molecular weight is 382 g/mol. The zero-order chi connectivity index (χ0) is 19.6. The summed E-state index contributed by atoms with van der Waals surface area (Å²) in [6.45, 7) is 0.684. The number of carbonyl (C=O) groups excluding carboxylic acids is 1. The fraction of sp³-hybridized carbons (Fsp3) is 0.933. The first-order valence-electron chi connectivity index (χ1n) is 8.32. The highest BCUT2D eigenvalue weighted by molar-refractivity contribution is 5.75. The second-order valence-corrected chi connectivity index (χ2v) is 6.59. The summed E-state index contributed by atoms with van der Waals surface area (Å²) in [7, 11) is 0. The van der Waals surface area contributed by atoms with Gasteiger partial charge in [0.25, 0.3) is 0 Å². The van der Waals surface area contributed by atoms with Crippen LogP contribution in [0.3, 0.4) is 0 Å². The molecule has 0 radical (unpaired) electrons. The maximum Gasteiger partial charge on any atom is 0.189 e. The Morgan fingerprint density at radius 2 is 1.27 bits per heavy atom. The zero-order valence-corrected chi connectivity index (χ0v) is 14.2. The zero-order valence-electron chi connectivity index (χ0n) is 14.2. The van der Waals surface area contributed by atoms with E-state index in [0.29, 0.717) is 0 Å². The van der Waals surface area contributed by atoms with Crippen LogP contribution in [0.4, 0.5) is 0 Å². The van der Waals surface area contributed by atoms with Crippen molar-refractivity contribution in [3.05, 3.63) is 0 Å². The number of hydrogen-bond acceptors (Lipinski definition) is 11. The van der Waals surface area contributed by atoms with Crippen molar-refractivity contribution in [3.63, 3.8) is 0 Å². The first-order valence-corrected chi connectivity index (χ1v) is 8.32. The van der Waals surface area contributed by atoms with E-state index in [1.54, 1.807) is 0 Å². The number of ketones is 1. The molecule has 26 heavy (non-hydrogen) atoms. The molecule has 10 atom stereocenters. The van der Waals surface area contributed by atoms with E-state index in [4.69, 9.17) is 19.3 Å². The smallest absolute Gasteiger partial charge is 0.189 e. The summed E-state index contributed by atoms with van der Waals surface area (Å²) in [5.74, 6) is -0.159. The number of hydrogen-bond donors (Lipinski definition) is 7. The quantitative estimate of drug-likeness (QED) is 0.237. The van der Waals surface area contributed by atoms with Gasteiger partial charge in [0, 0.05) is 6.42 Å². The molecule has 0 bridgehead atoms. The molecule has 11 heteroatoms. The minimum Gasteiger partial charge on any atom is -0.394 e. The second kappa shape index (κ2) is 8.97. The first-order chi connectivity index (χ1) is 12.2. The van der Waals surface area contributed by atoms with Gasteiger partial charge in [-0.05, 0) is 13.3 Å². The van der Waals surface area contributed by atoms with Crippen LogP contribution in [0.5, 0.6) is 0 Å². The molecule has 0 aromatic rings. The van der Waals surface area contributed by atoms with Gasteiger partial charge < -0.3 is 54.8 Å². The van der Waals surface area contributed by atoms with Gasteiger partial charge in [0.15, 0.2) is 12.6 Å². The van der Waals surface area contributed by atoms with Crippen molar-refractivity contribution in [2.45, 2.75) is 81.2 Å². The highest BCUT2D eigenvalue weighted by atomic mass is 16.8. The van der Waals surface area contributed by atoms with Crippen LogP contribution in [-0.2, 0) is 19.0 Å². The molecule has 152 valence electrons. The fourth-order valence-corrected chi connectivity index (χ4v) is 2.93. The predicted octanol–water partition coefficient (Wildman–Crippen LogP) is -4.02. The van der Waals surface area contributed by atoms with Crippen molar-refractivity contribution in [3.8, 4) is 0 Å². The summed E-state index contributed by atoms with van der Waals surface area (Å²) < 4.78 is 15.8. The monoisotopic (exact) mass is 382 g/mol. The van der Waals surface area contributed by atoms with Crippen LogP contribution in [0.25, 0.3) is 0 Å². The molecule has 2 saturated heterocycles. The second-order valence-electron chi connectivity index (χ2n) is 6.59. The van der Waals surface area contributed by atoms with E-state index < -0.39 is 68.0 Å². The largest absolute Gasteiger partial charge is 0.394 e. The van der Waals surface area contributed by atoms with Gasteiger partial charge in [0.05, 0.1) is 12.7 Å². The van der Waals surface area contributed by atoms with Gasteiger partial charge in [-0.3, -0.25) is 0 Å². The molecule has 0 saturated carbocycles. The average Bonchev–Trinajstić information content (AvgIpc) is 2.61. The number of carbonyl (C=O) groups is 1. The van der Waals surface area contributed by atoms with Crippen LogP contribution in [0.2, 0.25) is 0 Å². The standard InChI is InChI=1S/C15H26O11/c1-5(17)2-3-6-8(18)10(20)12(22)14(24-6)26-15-13(23)11(21)9(19)7(4-16)25-15/h6-16,18-23H,2-4H2,1H3/t6?,7?,8-,9-,10?,11?,12?,13?,14-,15-/m1/s1. The maximum absolute atomic E-state index is 11.1. The van der Waals surface area contributed by atoms with Crippen LogP contribution >= 0.6 is 0 Å². The number of aliphatic hydroxyl groups excluding tert-OH is 7. The number of aliphatic hydroxyl groups is 7. The Morgan fingerprint density at radius 3 is 1.73 bits per heavy atom. The Morgan fingerprint density at radius 1 is 0.808 bits per heavy atom. The Bertz CT molecular complexity index is 473. The number of Topliss-reactive ketones (excluding diaryl/α,β-unsaturated/α-hetero) is 1. The van der Waals surface area contributed by atoms with E-state index in [9.17, 15) is 35.4 Å². The van der Waals surface area contributed by atoms with Crippen molar-refractivity contribution < 1.29 is 54.8 Å². The van der Waals surface area contributed by atoms with Gasteiger partial charge in [-0.2, -0.15) is 0 Å². The molecule has 6 unspecified atom stereocenters. The lowest BCUT2D eigenvalue weighted by Crippen LogP contribution is -2.63. The Hall–Kier alpha value is -0.730. The van der Waals surface area contributed by atoms with Gasteiger partial charge in [0.2, 0.25) is 0 Å². The van der Waals surface area contributed by atoms with Crippen molar-refractivity contribution >= 4 is 5.78 Å². The molecule has 7 N–H and O–H groups in total. The molecule has 0 aromatic heterocycles. The normalized spacial score (nSPS) is 46.9. The summed E-state index contributed by atoms with van der Waals surface area (Å²) in [6, 6.07) is 0. The molecule has 2 aliphatic rings. The minimum atomic E-state index is -1.72. The van der Waals surface area contributed by atoms with E-state index in [-0.39, 0.29) is 18.6 Å². The van der Waals surface area contributed by atoms with E-state index in [1.165, 1.54) is 6.92 Å². The third-order valence-corrected chi connectivity index (χ3v) is 4.57. The van der Waals surface area contributed by atoms with Crippen molar-refractivity contribution in [2.24, 2.45) is 0 Å². The van der Waals surface area contributed by atoms with Crippen molar-refractivity contribution in [2.75, 3.05) is 6.61 Å². The summed E-state index contributed by atoms with van der Waals surface area (Å²) >= 11 is 0. The van der Waals surface area contributed by atoms with Gasteiger partial charge in [-0.25, -0.2) is 0 Å². The molecule has 0 aromatic carbocycles. The molecule has 11 nitrogen and oxygen atoms in total. The SMILES string of the molecule is CC(=O)CCC1O[C@H](O[C@H]2OC(CO)[C@@H](O)C(O)C2O)C(O)C(O)[C@@H]1O. The summed E-state index contributed by atoms with van der Waals surface area (Å²) in [5.41, 5.74) is 0. The third kappa shape index (κ3) is 4.57. The van der Waals surface area contributed by atoms with Gasteiger partial charge in [0.1, 0.15) is 48.5 Å². The summed E-state index contributed by atoms with van der Waals surface area (Å²) in [5, 5.41) is 68.6. The predicted molar refractivity (Wildman–Crippen MR) is 81.4 cm³/mol.